The average Bonchev–Trinajstić information content (AvgIpc) is 2.78. The highest BCUT2D eigenvalue weighted by Crippen LogP contribution is 2.42. The van der Waals surface area contributed by atoms with E-state index >= 15 is 0 Å². The van der Waals surface area contributed by atoms with Gasteiger partial charge in [-0.05, 0) is 37.9 Å². The summed E-state index contributed by atoms with van der Waals surface area (Å²) >= 11 is 0. The van der Waals surface area contributed by atoms with Crippen molar-refractivity contribution >= 4 is 11.7 Å². The minimum Gasteiger partial charge on any atom is -0.343 e. The molecule has 152 valence electrons. The number of benzene rings is 2. The molecule has 2 aromatic rings. The van der Waals surface area contributed by atoms with Gasteiger partial charge in [0, 0.05) is 31.5 Å². The second kappa shape index (κ2) is 8.50. The largest absolute Gasteiger partial charge is 0.343 e. The second-order valence-corrected chi connectivity index (χ2v) is 8.15. The third kappa shape index (κ3) is 3.62. The topological polar surface area (TPSA) is 40.6 Å². The van der Waals surface area contributed by atoms with Gasteiger partial charge in [-0.15, -0.1) is 0 Å². The summed E-state index contributed by atoms with van der Waals surface area (Å²) < 4.78 is 0. The van der Waals surface area contributed by atoms with Gasteiger partial charge in [-0.3, -0.25) is 14.5 Å². The maximum Gasteiger partial charge on any atom is 0.227 e. The molecule has 0 N–H and O–H groups in total. The minimum atomic E-state index is -0.195. The molecule has 0 spiro atoms. The maximum atomic E-state index is 13.7. The summed E-state index contributed by atoms with van der Waals surface area (Å²) in [5, 5.41) is 0. The van der Waals surface area contributed by atoms with Gasteiger partial charge in [-0.2, -0.15) is 0 Å². The number of carbonyl (C=O) groups is 2. The van der Waals surface area contributed by atoms with E-state index in [1.54, 1.807) is 0 Å². The molecule has 2 aromatic carbocycles. The fourth-order valence-electron chi connectivity index (χ4n) is 5.24. The Kier molecular flexibility index (Phi) is 5.81. The monoisotopic (exact) mass is 390 g/mol. The lowest BCUT2D eigenvalue weighted by molar-refractivity contribution is -0.154. The van der Waals surface area contributed by atoms with Crippen LogP contribution in [0.4, 0.5) is 0 Å². The molecule has 3 aliphatic heterocycles. The highest BCUT2D eigenvalue weighted by molar-refractivity contribution is 5.95. The van der Waals surface area contributed by atoms with Crippen molar-refractivity contribution in [2.24, 2.45) is 11.8 Å². The van der Waals surface area contributed by atoms with Crippen LogP contribution in [0.25, 0.3) is 0 Å². The van der Waals surface area contributed by atoms with Crippen molar-refractivity contribution in [3.8, 4) is 0 Å². The number of carbonyl (C=O) groups excluding carboxylic acids is 2. The Balaban J connectivity index is 1.68. The van der Waals surface area contributed by atoms with Gasteiger partial charge in [0.15, 0.2) is 5.78 Å². The maximum absolute atomic E-state index is 13.7. The molecule has 5 rings (SSSR count). The Bertz CT molecular complexity index is 808. The summed E-state index contributed by atoms with van der Waals surface area (Å²) in [5.74, 6) is 0.0306. The van der Waals surface area contributed by atoms with Crippen molar-refractivity contribution in [1.82, 2.24) is 9.80 Å². The van der Waals surface area contributed by atoms with E-state index in [4.69, 9.17) is 0 Å². The molecular weight excluding hydrogens is 360 g/mol. The number of piperidine rings is 3. The van der Waals surface area contributed by atoms with Gasteiger partial charge in [0.25, 0.3) is 0 Å². The summed E-state index contributed by atoms with van der Waals surface area (Å²) in [4.78, 5) is 30.9. The van der Waals surface area contributed by atoms with Crippen LogP contribution >= 0.6 is 0 Å². The van der Waals surface area contributed by atoms with E-state index in [1.807, 2.05) is 55.1 Å². The summed E-state index contributed by atoms with van der Waals surface area (Å²) in [5.41, 5.74) is 2.33. The Labute approximate surface area is 173 Å². The van der Waals surface area contributed by atoms with Crippen molar-refractivity contribution < 1.29 is 9.59 Å². The molecule has 0 aromatic heterocycles. The Morgan fingerprint density at radius 2 is 1.55 bits per heavy atom. The second-order valence-electron chi connectivity index (χ2n) is 8.15. The minimum absolute atomic E-state index is 0.00259. The molecule has 2 unspecified atom stereocenters. The molecular formula is C25H30N2O2. The van der Waals surface area contributed by atoms with Crippen LogP contribution in [-0.4, -0.2) is 53.7 Å². The standard InChI is InChI=1S/C25H30N2O2/c1-3-26(4-2)25(29)21-17-27-16-15-20(21)24(28)23(27)22(18-11-7-5-8-12-18)19-13-9-6-10-14-19/h5-14,20-23H,3-4,15-17H2,1-2H3/t20-,21+,23?/m1/s1. The van der Waals surface area contributed by atoms with Gasteiger partial charge in [0.1, 0.15) is 0 Å². The van der Waals surface area contributed by atoms with Gasteiger partial charge in [-0.25, -0.2) is 0 Å². The molecule has 3 fully saturated rings. The summed E-state index contributed by atoms with van der Waals surface area (Å²) in [7, 11) is 0. The van der Waals surface area contributed by atoms with Crippen LogP contribution in [0, 0.1) is 11.8 Å². The Morgan fingerprint density at radius 3 is 2.03 bits per heavy atom. The Morgan fingerprint density at radius 1 is 1.00 bits per heavy atom. The number of rotatable bonds is 6. The first-order chi connectivity index (χ1) is 14.2. The molecule has 0 aliphatic carbocycles. The zero-order chi connectivity index (χ0) is 20.4. The fourth-order valence-corrected chi connectivity index (χ4v) is 5.24. The molecule has 3 saturated heterocycles. The molecule has 0 saturated carbocycles. The van der Waals surface area contributed by atoms with Crippen LogP contribution in [-0.2, 0) is 9.59 Å². The normalized spacial score (nSPS) is 26.0. The molecule has 4 atom stereocenters. The number of hydrogen-bond acceptors (Lipinski definition) is 3. The lowest BCUT2D eigenvalue weighted by Gasteiger charge is -2.51. The Hall–Kier alpha value is -2.46. The molecule has 29 heavy (non-hydrogen) atoms. The molecule has 3 aliphatic rings. The van der Waals surface area contributed by atoms with E-state index < -0.39 is 0 Å². The van der Waals surface area contributed by atoms with E-state index in [0.29, 0.717) is 19.6 Å². The zero-order valence-electron chi connectivity index (χ0n) is 17.3. The highest BCUT2D eigenvalue weighted by Gasteiger charge is 2.52. The van der Waals surface area contributed by atoms with E-state index in [1.165, 1.54) is 0 Å². The summed E-state index contributed by atoms with van der Waals surface area (Å²) in [6.45, 7) is 6.99. The van der Waals surface area contributed by atoms with E-state index in [0.717, 1.165) is 24.1 Å². The fraction of sp³-hybridized carbons (Fsp3) is 0.440. The van der Waals surface area contributed by atoms with Gasteiger partial charge >= 0.3 is 0 Å². The first-order valence-corrected chi connectivity index (χ1v) is 10.8. The summed E-state index contributed by atoms with van der Waals surface area (Å²) in [6.07, 6.45) is 0.795. The van der Waals surface area contributed by atoms with E-state index in [-0.39, 0.29) is 35.5 Å². The van der Waals surface area contributed by atoms with E-state index in [9.17, 15) is 9.59 Å². The molecule has 1 amide bonds. The van der Waals surface area contributed by atoms with Crippen molar-refractivity contribution in [2.75, 3.05) is 26.2 Å². The van der Waals surface area contributed by atoms with Crippen LogP contribution in [0.1, 0.15) is 37.3 Å². The average molecular weight is 391 g/mol. The molecule has 0 radical (unpaired) electrons. The number of nitrogens with zero attached hydrogens (tertiary/aromatic N) is 2. The van der Waals surface area contributed by atoms with Crippen LogP contribution in [0.2, 0.25) is 0 Å². The summed E-state index contributed by atoms with van der Waals surface area (Å²) in [6, 6.07) is 20.5. The van der Waals surface area contributed by atoms with Crippen molar-refractivity contribution in [2.45, 2.75) is 32.2 Å². The predicted octanol–water partition coefficient (Wildman–Crippen LogP) is 3.58. The number of hydrogen-bond donors (Lipinski definition) is 0. The predicted molar refractivity (Wildman–Crippen MR) is 115 cm³/mol. The molecule has 3 heterocycles. The van der Waals surface area contributed by atoms with Crippen LogP contribution < -0.4 is 0 Å². The number of fused-ring (bicyclic) bond motifs is 3. The first-order valence-electron chi connectivity index (χ1n) is 10.8. The molecule has 4 heteroatoms. The SMILES string of the molecule is CCN(CC)C(=O)[C@H]1CN2CC[C@H]1C(=O)C2C(c1ccccc1)c1ccccc1. The number of ketones is 1. The van der Waals surface area contributed by atoms with E-state index in [2.05, 4.69) is 29.2 Å². The van der Waals surface area contributed by atoms with Gasteiger partial charge in [0.2, 0.25) is 5.91 Å². The van der Waals surface area contributed by atoms with Gasteiger partial charge in [-0.1, -0.05) is 60.7 Å². The quantitative estimate of drug-likeness (QED) is 0.757. The number of amides is 1. The van der Waals surface area contributed by atoms with Gasteiger partial charge < -0.3 is 4.90 Å². The van der Waals surface area contributed by atoms with Gasteiger partial charge in [0.05, 0.1) is 12.0 Å². The first kappa shape index (κ1) is 19.8. The molecule has 2 bridgehead atoms. The lowest BCUT2D eigenvalue weighted by atomic mass is 9.68. The number of Topliss-reactive ketones (excluding diaryl/α,β-unsaturated/α-hetero) is 1. The van der Waals surface area contributed by atoms with Crippen molar-refractivity contribution in [3.05, 3.63) is 71.8 Å². The van der Waals surface area contributed by atoms with Crippen LogP contribution in [0.5, 0.6) is 0 Å². The van der Waals surface area contributed by atoms with Crippen LogP contribution in [0.3, 0.4) is 0 Å². The van der Waals surface area contributed by atoms with Crippen molar-refractivity contribution in [3.63, 3.8) is 0 Å². The molecule has 4 nitrogen and oxygen atoms in total. The lowest BCUT2D eigenvalue weighted by Crippen LogP contribution is -2.64. The smallest absolute Gasteiger partial charge is 0.227 e. The third-order valence-corrected chi connectivity index (χ3v) is 6.72. The van der Waals surface area contributed by atoms with Crippen molar-refractivity contribution in [1.29, 1.82) is 0 Å². The zero-order valence-corrected chi connectivity index (χ0v) is 17.3. The third-order valence-electron chi connectivity index (χ3n) is 6.72. The van der Waals surface area contributed by atoms with Crippen LogP contribution in [0.15, 0.2) is 60.7 Å². The highest BCUT2D eigenvalue weighted by atomic mass is 16.2.